The van der Waals surface area contributed by atoms with Gasteiger partial charge < -0.3 is 20.1 Å². The number of aliphatic hydroxyl groups excluding tert-OH is 1. The summed E-state index contributed by atoms with van der Waals surface area (Å²) < 4.78 is 32.2. The average Bonchev–Trinajstić information content (AvgIpc) is 3.54. The van der Waals surface area contributed by atoms with Crippen LogP contribution in [-0.2, 0) is 16.6 Å². The number of imidazole rings is 1. The van der Waals surface area contributed by atoms with Crippen molar-refractivity contribution in [2.24, 2.45) is 0 Å². The van der Waals surface area contributed by atoms with E-state index in [1.54, 1.807) is 19.9 Å². The first-order valence-electron chi connectivity index (χ1n) is 13.5. The topological polar surface area (TPSA) is 116 Å². The van der Waals surface area contributed by atoms with Gasteiger partial charge in [-0.15, -0.1) is 0 Å². The molecule has 0 radical (unpaired) electrons. The molecule has 12 heteroatoms. The molecule has 6 rings (SSSR count). The van der Waals surface area contributed by atoms with E-state index in [1.165, 1.54) is 12.3 Å². The molecule has 2 saturated heterocycles. The molecule has 39 heavy (non-hydrogen) atoms. The minimum atomic E-state index is -1.26. The van der Waals surface area contributed by atoms with E-state index in [4.69, 9.17) is 11.6 Å². The second-order valence-corrected chi connectivity index (χ2v) is 13.8. The standard InChI is InChI=1S/C27H34ClFN6O3S/c1-13(2)34-21-10-14(9-18(29)23(21)32-25(34)27(3,4)37)22-17(28)12-30-26(33-22)31-19-11-15-5-8-20(24(19)36)35(15)39(38)16-6-7-16/h9-10,12-13,15-16,19-20,24,36-37H,5-8,11H2,1-4H3,(H,30,31,33). The lowest BCUT2D eigenvalue weighted by atomic mass is 9.96. The Balaban J connectivity index is 1.32. The number of hydrogen-bond acceptors (Lipinski definition) is 7. The molecule has 5 unspecified atom stereocenters. The summed E-state index contributed by atoms with van der Waals surface area (Å²) in [6, 6.07) is 2.71. The summed E-state index contributed by atoms with van der Waals surface area (Å²) in [5.74, 6) is 0.113. The number of benzene rings is 1. The molecule has 2 bridgehead atoms. The molecule has 1 saturated carbocycles. The largest absolute Gasteiger partial charge is 0.389 e. The first-order valence-corrected chi connectivity index (χ1v) is 15.1. The fourth-order valence-corrected chi connectivity index (χ4v) is 8.11. The van der Waals surface area contributed by atoms with Crippen molar-refractivity contribution in [1.82, 2.24) is 23.8 Å². The number of hydrogen-bond donors (Lipinski definition) is 3. The van der Waals surface area contributed by atoms with Crippen LogP contribution in [0.15, 0.2) is 18.3 Å². The molecular weight excluding hydrogens is 543 g/mol. The van der Waals surface area contributed by atoms with Gasteiger partial charge in [-0.3, -0.25) is 0 Å². The van der Waals surface area contributed by atoms with Crippen LogP contribution < -0.4 is 5.32 Å². The molecule has 3 aromatic rings. The van der Waals surface area contributed by atoms with Crippen molar-refractivity contribution in [3.63, 3.8) is 0 Å². The zero-order valence-electron chi connectivity index (χ0n) is 22.4. The van der Waals surface area contributed by atoms with Gasteiger partial charge in [-0.2, -0.15) is 0 Å². The summed E-state index contributed by atoms with van der Waals surface area (Å²) in [7, 11) is -1.04. The maximum absolute atomic E-state index is 15.4. The molecule has 2 aromatic heterocycles. The molecule has 3 fully saturated rings. The molecule has 5 atom stereocenters. The third-order valence-electron chi connectivity index (χ3n) is 7.98. The summed E-state index contributed by atoms with van der Waals surface area (Å²) >= 11 is 6.50. The Morgan fingerprint density at radius 2 is 1.95 bits per heavy atom. The van der Waals surface area contributed by atoms with Crippen molar-refractivity contribution in [1.29, 1.82) is 0 Å². The molecule has 1 aliphatic carbocycles. The minimum absolute atomic E-state index is 0.0823. The van der Waals surface area contributed by atoms with Crippen LogP contribution in [0.3, 0.4) is 0 Å². The minimum Gasteiger partial charge on any atom is -0.389 e. The van der Waals surface area contributed by atoms with Gasteiger partial charge in [-0.05, 0) is 71.9 Å². The van der Waals surface area contributed by atoms with E-state index in [2.05, 4.69) is 20.3 Å². The van der Waals surface area contributed by atoms with Crippen molar-refractivity contribution < 1.29 is 18.8 Å². The molecule has 3 N–H and O–H groups in total. The second kappa shape index (κ2) is 9.73. The molecule has 2 aliphatic heterocycles. The predicted molar refractivity (Wildman–Crippen MR) is 149 cm³/mol. The van der Waals surface area contributed by atoms with E-state index in [9.17, 15) is 14.4 Å². The number of nitrogens with one attached hydrogen (secondary N) is 1. The quantitative estimate of drug-likeness (QED) is 0.384. The Kier molecular flexibility index (Phi) is 6.74. The number of aromatic nitrogens is 4. The fourth-order valence-electron chi connectivity index (χ4n) is 6.05. The van der Waals surface area contributed by atoms with Crippen LogP contribution in [-0.4, -0.2) is 67.7 Å². The number of nitrogens with zero attached hydrogens (tertiary/aromatic N) is 5. The molecule has 210 valence electrons. The van der Waals surface area contributed by atoms with Crippen LogP contribution in [0.4, 0.5) is 10.3 Å². The number of anilines is 1. The van der Waals surface area contributed by atoms with Gasteiger partial charge in [0, 0.05) is 22.9 Å². The van der Waals surface area contributed by atoms with Crippen LogP contribution in [0.2, 0.25) is 5.02 Å². The molecule has 0 spiro atoms. The molecule has 0 amide bonds. The lowest BCUT2D eigenvalue weighted by Crippen LogP contribution is -2.57. The van der Waals surface area contributed by atoms with E-state index >= 15 is 4.39 Å². The van der Waals surface area contributed by atoms with Gasteiger partial charge >= 0.3 is 0 Å². The highest BCUT2D eigenvalue weighted by atomic mass is 35.5. The van der Waals surface area contributed by atoms with Crippen LogP contribution in [0.25, 0.3) is 22.3 Å². The second-order valence-electron chi connectivity index (χ2n) is 11.8. The van der Waals surface area contributed by atoms with Crippen LogP contribution in [0.5, 0.6) is 0 Å². The molecule has 3 aliphatic rings. The first kappa shape index (κ1) is 27.0. The monoisotopic (exact) mass is 576 g/mol. The molecule has 1 aromatic carbocycles. The number of fused-ring (bicyclic) bond motifs is 3. The lowest BCUT2D eigenvalue weighted by molar-refractivity contribution is 0.0493. The van der Waals surface area contributed by atoms with Crippen molar-refractivity contribution in [2.45, 2.75) is 101 Å². The van der Waals surface area contributed by atoms with E-state index in [-0.39, 0.29) is 45.9 Å². The summed E-state index contributed by atoms with van der Waals surface area (Å²) in [6.45, 7) is 7.15. The van der Waals surface area contributed by atoms with Gasteiger partial charge in [0.2, 0.25) is 5.95 Å². The highest BCUT2D eigenvalue weighted by Crippen LogP contribution is 2.42. The fraction of sp³-hybridized carbons (Fsp3) is 0.593. The Hall–Kier alpha value is -2.18. The zero-order chi connectivity index (χ0) is 27.8. The Morgan fingerprint density at radius 1 is 1.21 bits per heavy atom. The summed E-state index contributed by atoms with van der Waals surface area (Å²) in [4.78, 5) is 13.4. The summed E-state index contributed by atoms with van der Waals surface area (Å²) in [5, 5.41) is 25.6. The summed E-state index contributed by atoms with van der Waals surface area (Å²) in [6.07, 6.45) is 5.07. The van der Waals surface area contributed by atoms with E-state index in [1.807, 2.05) is 22.7 Å². The Labute approximate surface area is 234 Å². The highest BCUT2D eigenvalue weighted by Gasteiger charge is 2.51. The summed E-state index contributed by atoms with van der Waals surface area (Å²) in [5.41, 5.74) is 0.239. The SMILES string of the molecule is CC(C)n1c(C(C)(C)O)nc2c(F)cc(-c3nc(NC4CC5CCC(C4O)N5S(=O)C4CC4)ncc3Cl)cc21. The van der Waals surface area contributed by atoms with Gasteiger partial charge in [0.1, 0.15) is 16.9 Å². The third kappa shape index (κ3) is 4.76. The maximum atomic E-state index is 15.4. The van der Waals surface area contributed by atoms with Crippen molar-refractivity contribution in [3.8, 4) is 11.3 Å². The van der Waals surface area contributed by atoms with E-state index in [0.29, 0.717) is 29.0 Å². The highest BCUT2D eigenvalue weighted by molar-refractivity contribution is 7.83. The molecular formula is C27H34ClFN6O3S. The molecule has 9 nitrogen and oxygen atoms in total. The van der Waals surface area contributed by atoms with Gasteiger partial charge in [-0.1, -0.05) is 11.6 Å². The third-order valence-corrected chi connectivity index (χ3v) is 10.3. The zero-order valence-corrected chi connectivity index (χ0v) is 24.0. The van der Waals surface area contributed by atoms with Crippen molar-refractivity contribution >= 4 is 39.6 Å². The van der Waals surface area contributed by atoms with Gasteiger partial charge in [0.25, 0.3) is 0 Å². The number of halogens is 2. The average molecular weight is 577 g/mol. The van der Waals surface area contributed by atoms with Gasteiger partial charge in [-0.25, -0.2) is 27.9 Å². The number of rotatable bonds is 7. The lowest BCUT2D eigenvalue weighted by Gasteiger charge is -2.41. The van der Waals surface area contributed by atoms with Crippen molar-refractivity contribution in [2.75, 3.05) is 5.32 Å². The van der Waals surface area contributed by atoms with E-state index < -0.39 is 28.5 Å². The first-order chi connectivity index (χ1) is 18.4. The number of aliphatic hydroxyl groups is 2. The number of piperidine rings is 1. The normalized spacial score (nSPS) is 26.5. The van der Waals surface area contributed by atoms with Crippen LogP contribution in [0, 0.1) is 5.82 Å². The van der Waals surface area contributed by atoms with Crippen molar-refractivity contribution in [3.05, 3.63) is 35.0 Å². The molecule has 4 heterocycles. The Morgan fingerprint density at radius 3 is 2.62 bits per heavy atom. The smallest absolute Gasteiger partial charge is 0.223 e. The maximum Gasteiger partial charge on any atom is 0.223 e. The van der Waals surface area contributed by atoms with Gasteiger partial charge in [0.15, 0.2) is 5.82 Å². The predicted octanol–water partition coefficient (Wildman–Crippen LogP) is 4.30. The van der Waals surface area contributed by atoms with Crippen LogP contribution in [0.1, 0.15) is 71.7 Å². The van der Waals surface area contributed by atoms with E-state index in [0.717, 1.165) is 25.7 Å². The van der Waals surface area contributed by atoms with Crippen LogP contribution >= 0.6 is 11.6 Å². The van der Waals surface area contributed by atoms with Gasteiger partial charge in [0.05, 0.1) is 51.6 Å². The Bertz CT molecular complexity index is 1460.